The first-order valence-corrected chi connectivity index (χ1v) is 7.39. The standard InChI is InChI=1S/C16H26N2O/c1-3-13-11-12(7-8-16(13)19-2)9-10-18-15-6-4-5-14(15)17/h7-8,11,14-15,18H,3-6,9-10,17H2,1-2H3. The molecule has 106 valence electrons. The second-order valence-electron chi connectivity index (χ2n) is 5.41. The van der Waals surface area contributed by atoms with Gasteiger partial charge in [-0.3, -0.25) is 0 Å². The van der Waals surface area contributed by atoms with E-state index in [1.807, 2.05) is 0 Å². The molecule has 3 N–H and O–H groups in total. The molecule has 0 aliphatic heterocycles. The highest BCUT2D eigenvalue weighted by Crippen LogP contribution is 2.21. The van der Waals surface area contributed by atoms with E-state index in [0.29, 0.717) is 12.1 Å². The minimum atomic E-state index is 0.349. The van der Waals surface area contributed by atoms with E-state index in [4.69, 9.17) is 10.5 Å². The summed E-state index contributed by atoms with van der Waals surface area (Å²) in [5.74, 6) is 0.997. The molecule has 3 heteroatoms. The Hall–Kier alpha value is -1.06. The number of hydrogen-bond acceptors (Lipinski definition) is 3. The van der Waals surface area contributed by atoms with E-state index < -0.39 is 0 Å². The summed E-state index contributed by atoms with van der Waals surface area (Å²) in [4.78, 5) is 0. The van der Waals surface area contributed by atoms with E-state index in [1.54, 1.807) is 7.11 Å². The lowest BCUT2D eigenvalue weighted by Crippen LogP contribution is -2.41. The molecule has 0 heterocycles. The Balaban J connectivity index is 1.85. The predicted molar refractivity (Wildman–Crippen MR) is 79.7 cm³/mol. The van der Waals surface area contributed by atoms with Gasteiger partial charge in [-0.25, -0.2) is 0 Å². The van der Waals surface area contributed by atoms with Gasteiger partial charge in [-0.15, -0.1) is 0 Å². The Morgan fingerprint density at radius 3 is 2.84 bits per heavy atom. The number of rotatable bonds is 6. The molecule has 2 atom stereocenters. The minimum absolute atomic E-state index is 0.349. The van der Waals surface area contributed by atoms with Gasteiger partial charge in [0.05, 0.1) is 7.11 Å². The van der Waals surface area contributed by atoms with Crippen molar-refractivity contribution in [3.05, 3.63) is 29.3 Å². The first kappa shape index (κ1) is 14.4. The Morgan fingerprint density at radius 2 is 2.21 bits per heavy atom. The smallest absolute Gasteiger partial charge is 0.122 e. The molecule has 0 radical (unpaired) electrons. The molecule has 0 spiro atoms. The number of hydrogen-bond donors (Lipinski definition) is 2. The lowest BCUT2D eigenvalue weighted by Gasteiger charge is -2.17. The average molecular weight is 262 g/mol. The van der Waals surface area contributed by atoms with Gasteiger partial charge in [0, 0.05) is 12.1 Å². The zero-order valence-electron chi connectivity index (χ0n) is 12.1. The van der Waals surface area contributed by atoms with E-state index in [0.717, 1.165) is 25.1 Å². The minimum Gasteiger partial charge on any atom is -0.496 e. The maximum absolute atomic E-state index is 6.06. The summed E-state index contributed by atoms with van der Waals surface area (Å²) in [6.45, 7) is 3.17. The Kier molecular flexibility index (Phi) is 5.23. The quantitative estimate of drug-likeness (QED) is 0.827. The van der Waals surface area contributed by atoms with Gasteiger partial charge in [0.25, 0.3) is 0 Å². The second kappa shape index (κ2) is 6.92. The molecule has 19 heavy (non-hydrogen) atoms. The Bertz CT molecular complexity index is 406. The molecule has 1 aromatic carbocycles. The number of benzene rings is 1. The number of nitrogens with one attached hydrogen (secondary N) is 1. The molecule has 1 aliphatic rings. The fourth-order valence-corrected chi connectivity index (χ4v) is 2.91. The van der Waals surface area contributed by atoms with Crippen LogP contribution in [0.3, 0.4) is 0 Å². The summed E-state index contributed by atoms with van der Waals surface area (Å²) in [6.07, 6.45) is 5.73. The van der Waals surface area contributed by atoms with Crippen LogP contribution in [0.1, 0.15) is 37.3 Å². The summed E-state index contributed by atoms with van der Waals surface area (Å²) < 4.78 is 5.36. The van der Waals surface area contributed by atoms with Gasteiger partial charge in [0.15, 0.2) is 0 Å². The van der Waals surface area contributed by atoms with Gasteiger partial charge in [0.1, 0.15) is 5.75 Å². The molecule has 1 fully saturated rings. The molecule has 1 saturated carbocycles. The molecule has 0 aromatic heterocycles. The van der Waals surface area contributed by atoms with Crippen LogP contribution in [0.15, 0.2) is 18.2 Å². The zero-order valence-corrected chi connectivity index (χ0v) is 12.1. The van der Waals surface area contributed by atoms with Gasteiger partial charge >= 0.3 is 0 Å². The van der Waals surface area contributed by atoms with E-state index in [9.17, 15) is 0 Å². The normalized spacial score (nSPS) is 22.7. The van der Waals surface area contributed by atoms with Crippen molar-refractivity contribution in [2.24, 2.45) is 5.73 Å². The maximum atomic E-state index is 6.06. The predicted octanol–water partition coefficient (Wildman–Crippen LogP) is 2.27. The van der Waals surface area contributed by atoms with Crippen LogP contribution in [-0.2, 0) is 12.8 Å². The number of nitrogens with two attached hydrogens (primary N) is 1. The number of aryl methyl sites for hydroxylation is 1. The lowest BCUT2D eigenvalue weighted by molar-refractivity contribution is 0.410. The molecule has 3 nitrogen and oxygen atoms in total. The van der Waals surface area contributed by atoms with Crippen LogP contribution in [0.25, 0.3) is 0 Å². The first-order chi connectivity index (χ1) is 9.24. The van der Waals surface area contributed by atoms with E-state index in [2.05, 4.69) is 30.4 Å². The zero-order chi connectivity index (χ0) is 13.7. The second-order valence-corrected chi connectivity index (χ2v) is 5.41. The van der Waals surface area contributed by atoms with Gasteiger partial charge < -0.3 is 15.8 Å². The third kappa shape index (κ3) is 3.71. The van der Waals surface area contributed by atoms with Crippen LogP contribution in [0, 0.1) is 0 Å². The molecular weight excluding hydrogens is 236 g/mol. The summed E-state index contributed by atoms with van der Waals surface area (Å²) in [7, 11) is 1.73. The highest BCUT2D eigenvalue weighted by molar-refractivity contribution is 5.37. The molecule has 1 aliphatic carbocycles. The van der Waals surface area contributed by atoms with E-state index in [1.165, 1.54) is 30.4 Å². The van der Waals surface area contributed by atoms with Crippen molar-refractivity contribution in [1.29, 1.82) is 0 Å². The highest BCUT2D eigenvalue weighted by Gasteiger charge is 2.22. The monoisotopic (exact) mass is 262 g/mol. The SMILES string of the molecule is CCc1cc(CCNC2CCCC2N)ccc1OC. The Labute approximate surface area is 116 Å². The lowest BCUT2D eigenvalue weighted by atomic mass is 10.0. The van der Waals surface area contributed by atoms with Gasteiger partial charge in [0.2, 0.25) is 0 Å². The van der Waals surface area contributed by atoms with Gasteiger partial charge in [-0.2, -0.15) is 0 Å². The highest BCUT2D eigenvalue weighted by atomic mass is 16.5. The van der Waals surface area contributed by atoms with Crippen LogP contribution >= 0.6 is 0 Å². The van der Waals surface area contributed by atoms with E-state index >= 15 is 0 Å². The van der Waals surface area contributed by atoms with Crippen molar-refractivity contribution < 1.29 is 4.74 Å². The maximum Gasteiger partial charge on any atom is 0.122 e. The molecule has 1 aromatic rings. The van der Waals surface area contributed by atoms with E-state index in [-0.39, 0.29) is 0 Å². The van der Waals surface area contributed by atoms with Crippen LogP contribution < -0.4 is 15.8 Å². The van der Waals surface area contributed by atoms with Crippen molar-refractivity contribution >= 4 is 0 Å². The molecular formula is C16H26N2O. The van der Waals surface area contributed by atoms with Crippen LogP contribution in [0.5, 0.6) is 5.75 Å². The summed E-state index contributed by atoms with van der Waals surface area (Å²) >= 11 is 0. The average Bonchev–Trinajstić information content (AvgIpc) is 2.84. The third-order valence-electron chi connectivity index (χ3n) is 4.12. The van der Waals surface area contributed by atoms with Crippen molar-refractivity contribution in [2.75, 3.05) is 13.7 Å². The third-order valence-corrected chi connectivity index (χ3v) is 4.12. The molecule has 2 unspecified atom stereocenters. The van der Waals surface area contributed by atoms with Crippen molar-refractivity contribution in [2.45, 2.75) is 51.1 Å². The Morgan fingerprint density at radius 1 is 1.37 bits per heavy atom. The first-order valence-electron chi connectivity index (χ1n) is 7.39. The van der Waals surface area contributed by atoms with Gasteiger partial charge in [-0.05, 0) is 49.4 Å². The fourth-order valence-electron chi connectivity index (χ4n) is 2.91. The topological polar surface area (TPSA) is 47.3 Å². The summed E-state index contributed by atoms with van der Waals surface area (Å²) in [5, 5.41) is 3.59. The fraction of sp³-hybridized carbons (Fsp3) is 0.625. The van der Waals surface area contributed by atoms with Crippen molar-refractivity contribution in [3.63, 3.8) is 0 Å². The molecule has 0 saturated heterocycles. The van der Waals surface area contributed by atoms with Crippen LogP contribution in [0.2, 0.25) is 0 Å². The van der Waals surface area contributed by atoms with Crippen LogP contribution in [0.4, 0.5) is 0 Å². The number of ether oxygens (including phenoxy) is 1. The summed E-state index contributed by atoms with van der Waals surface area (Å²) in [6, 6.07) is 7.37. The molecule has 2 rings (SSSR count). The summed E-state index contributed by atoms with van der Waals surface area (Å²) in [5.41, 5.74) is 8.72. The molecule has 0 amide bonds. The van der Waals surface area contributed by atoms with Crippen molar-refractivity contribution in [1.82, 2.24) is 5.32 Å². The van der Waals surface area contributed by atoms with Gasteiger partial charge in [-0.1, -0.05) is 25.5 Å². The largest absolute Gasteiger partial charge is 0.496 e. The van der Waals surface area contributed by atoms with Crippen LogP contribution in [-0.4, -0.2) is 25.7 Å². The number of methoxy groups -OCH3 is 1. The van der Waals surface area contributed by atoms with Crippen molar-refractivity contribution in [3.8, 4) is 5.75 Å². The molecule has 0 bridgehead atoms.